The van der Waals surface area contributed by atoms with Crippen molar-refractivity contribution in [2.24, 2.45) is 5.92 Å². The minimum atomic E-state index is -2.54. The monoisotopic (exact) mass is 335 g/mol. The molecule has 10 heteroatoms. The molecule has 0 aromatic heterocycles. The Morgan fingerprint density at radius 3 is 2.50 bits per heavy atom. The van der Waals surface area contributed by atoms with Crippen molar-refractivity contribution >= 4 is 28.9 Å². The molecule has 0 bridgehead atoms. The molecule has 4 unspecified atom stereocenters. The highest BCUT2D eigenvalue weighted by molar-refractivity contribution is 7.80. The van der Waals surface area contributed by atoms with Crippen LogP contribution in [-0.4, -0.2) is 43.1 Å². The molecule has 0 aromatic carbocycles. The molecule has 126 valence electrons. The summed E-state index contributed by atoms with van der Waals surface area (Å²) in [6.07, 6.45) is 3.57. The highest BCUT2D eigenvalue weighted by atomic mass is 32.2. The minimum Gasteiger partial charge on any atom is -0.325 e. The van der Waals surface area contributed by atoms with E-state index in [1.807, 2.05) is 12.2 Å². The Balaban J connectivity index is 2.90. The lowest BCUT2D eigenvalue weighted by Crippen LogP contribution is -2.51. The van der Waals surface area contributed by atoms with Crippen molar-refractivity contribution in [3.8, 4) is 0 Å². The maximum Gasteiger partial charge on any atom is 0.322 e. The third-order valence-electron chi connectivity index (χ3n) is 3.58. The van der Waals surface area contributed by atoms with Gasteiger partial charge < -0.3 is 9.87 Å². The van der Waals surface area contributed by atoms with Gasteiger partial charge in [-0.25, -0.2) is 14.5 Å². The SMILES string of the molecule is CCCCCCC(C(=O)NO)C(C1NC(=O)NC1=O)S(=O)O. The molecule has 0 saturated carbocycles. The van der Waals surface area contributed by atoms with E-state index in [1.165, 1.54) is 5.48 Å². The number of hydrogen-bond donors (Lipinski definition) is 5. The first-order valence-electron chi connectivity index (χ1n) is 7.07. The second kappa shape index (κ2) is 8.81. The molecule has 0 aliphatic carbocycles. The fourth-order valence-electron chi connectivity index (χ4n) is 2.47. The molecular formula is C12H21N3O6S. The Bertz CT molecular complexity index is 458. The van der Waals surface area contributed by atoms with Gasteiger partial charge in [0.2, 0.25) is 5.91 Å². The van der Waals surface area contributed by atoms with Crippen molar-refractivity contribution in [1.82, 2.24) is 16.1 Å². The average molecular weight is 335 g/mol. The topological polar surface area (TPSA) is 145 Å². The average Bonchev–Trinajstić information content (AvgIpc) is 2.79. The first kappa shape index (κ1) is 18.5. The second-order valence-corrected chi connectivity index (χ2v) is 6.21. The predicted octanol–water partition coefficient (Wildman–Crippen LogP) is -0.123. The quantitative estimate of drug-likeness (QED) is 0.131. The van der Waals surface area contributed by atoms with Crippen molar-refractivity contribution in [2.75, 3.05) is 0 Å². The van der Waals surface area contributed by atoms with Gasteiger partial charge in [-0.05, 0) is 6.42 Å². The second-order valence-electron chi connectivity index (χ2n) is 5.11. The molecule has 1 aliphatic rings. The molecule has 22 heavy (non-hydrogen) atoms. The number of rotatable bonds is 9. The number of amides is 4. The van der Waals surface area contributed by atoms with Crippen LogP contribution in [0.15, 0.2) is 0 Å². The molecule has 1 aliphatic heterocycles. The fourth-order valence-corrected chi connectivity index (χ4v) is 3.44. The van der Waals surface area contributed by atoms with Crippen LogP contribution in [0.2, 0.25) is 0 Å². The van der Waals surface area contributed by atoms with Crippen molar-refractivity contribution in [1.29, 1.82) is 0 Å². The molecule has 0 radical (unpaired) electrons. The third kappa shape index (κ3) is 4.75. The zero-order valence-electron chi connectivity index (χ0n) is 12.2. The summed E-state index contributed by atoms with van der Waals surface area (Å²) in [6.45, 7) is 2.02. The fraction of sp³-hybridized carbons (Fsp3) is 0.750. The van der Waals surface area contributed by atoms with Gasteiger partial charge in [-0.15, -0.1) is 0 Å². The summed E-state index contributed by atoms with van der Waals surface area (Å²) in [5.74, 6) is -2.68. The van der Waals surface area contributed by atoms with Gasteiger partial charge in [-0.3, -0.25) is 20.1 Å². The minimum absolute atomic E-state index is 0.225. The Labute approximate surface area is 130 Å². The number of urea groups is 1. The lowest BCUT2D eigenvalue weighted by molar-refractivity contribution is -0.134. The number of hydroxylamine groups is 1. The Kier molecular flexibility index (Phi) is 7.42. The maximum atomic E-state index is 11.8. The molecule has 4 amide bonds. The van der Waals surface area contributed by atoms with Crippen molar-refractivity contribution in [2.45, 2.75) is 50.3 Å². The van der Waals surface area contributed by atoms with E-state index in [0.29, 0.717) is 6.42 Å². The van der Waals surface area contributed by atoms with Crippen LogP contribution in [0, 0.1) is 5.92 Å². The van der Waals surface area contributed by atoms with E-state index in [1.54, 1.807) is 0 Å². The van der Waals surface area contributed by atoms with E-state index < -0.39 is 46.1 Å². The van der Waals surface area contributed by atoms with Crippen molar-refractivity contribution in [3.05, 3.63) is 0 Å². The Morgan fingerprint density at radius 1 is 1.36 bits per heavy atom. The smallest absolute Gasteiger partial charge is 0.322 e. The molecule has 4 atom stereocenters. The van der Waals surface area contributed by atoms with Gasteiger partial charge in [-0.1, -0.05) is 32.6 Å². The highest BCUT2D eigenvalue weighted by Gasteiger charge is 2.45. The number of carbonyl (C=O) groups excluding carboxylic acids is 3. The Morgan fingerprint density at radius 2 is 2.05 bits per heavy atom. The van der Waals surface area contributed by atoms with E-state index >= 15 is 0 Å². The number of unbranched alkanes of at least 4 members (excludes halogenated alkanes) is 3. The van der Waals surface area contributed by atoms with Crippen LogP contribution in [0.25, 0.3) is 0 Å². The maximum absolute atomic E-state index is 11.8. The van der Waals surface area contributed by atoms with Gasteiger partial charge in [0.25, 0.3) is 5.91 Å². The van der Waals surface area contributed by atoms with Gasteiger partial charge in [0.05, 0.1) is 5.92 Å². The summed E-state index contributed by atoms with van der Waals surface area (Å²) >= 11 is -2.54. The summed E-state index contributed by atoms with van der Waals surface area (Å²) in [5.41, 5.74) is 1.46. The Hall–Kier alpha value is -1.52. The van der Waals surface area contributed by atoms with Gasteiger partial charge in [0.15, 0.2) is 11.1 Å². The molecule has 0 aromatic rings. The first-order valence-corrected chi connectivity index (χ1v) is 8.24. The van der Waals surface area contributed by atoms with E-state index in [4.69, 9.17) is 5.21 Å². The van der Waals surface area contributed by atoms with Crippen LogP contribution >= 0.6 is 0 Å². The molecule has 1 rings (SSSR count). The standard InChI is InChI=1S/C12H21N3O6S/c1-2-3-4-5-6-7(10(16)15-19)9(22(20)21)8-11(17)14-12(18)13-8/h7-9,19H,2-6H2,1H3,(H,15,16)(H,20,21)(H2,13,14,17,18). The summed E-state index contributed by atoms with van der Waals surface area (Å²) in [7, 11) is 0. The summed E-state index contributed by atoms with van der Waals surface area (Å²) < 4.78 is 21.1. The van der Waals surface area contributed by atoms with Crippen molar-refractivity contribution < 1.29 is 28.4 Å². The highest BCUT2D eigenvalue weighted by Crippen LogP contribution is 2.23. The van der Waals surface area contributed by atoms with E-state index in [0.717, 1.165) is 19.3 Å². The number of nitrogens with one attached hydrogen (secondary N) is 3. The van der Waals surface area contributed by atoms with Crippen LogP contribution in [0.1, 0.15) is 39.0 Å². The van der Waals surface area contributed by atoms with Gasteiger partial charge >= 0.3 is 6.03 Å². The zero-order valence-corrected chi connectivity index (χ0v) is 13.0. The first-order chi connectivity index (χ1) is 10.4. The van der Waals surface area contributed by atoms with Crippen LogP contribution in [-0.2, 0) is 20.7 Å². The van der Waals surface area contributed by atoms with E-state index in [-0.39, 0.29) is 6.42 Å². The van der Waals surface area contributed by atoms with Crippen LogP contribution in [0.5, 0.6) is 0 Å². The zero-order chi connectivity index (χ0) is 16.7. The molecule has 1 fully saturated rings. The molecule has 5 N–H and O–H groups in total. The van der Waals surface area contributed by atoms with Crippen molar-refractivity contribution in [3.63, 3.8) is 0 Å². The van der Waals surface area contributed by atoms with Crippen LogP contribution < -0.4 is 16.1 Å². The van der Waals surface area contributed by atoms with Gasteiger partial charge in [0, 0.05) is 0 Å². The third-order valence-corrected chi connectivity index (χ3v) is 4.65. The molecule has 0 spiro atoms. The largest absolute Gasteiger partial charge is 0.325 e. The number of hydrogen-bond acceptors (Lipinski definition) is 5. The number of imide groups is 1. The summed E-state index contributed by atoms with van der Waals surface area (Å²) in [6, 6.07) is -2.06. The molecule has 1 saturated heterocycles. The van der Waals surface area contributed by atoms with Gasteiger partial charge in [0.1, 0.15) is 11.3 Å². The lowest BCUT2D eigenvalue weighted by atomic mass is 9.92. The van der Waals surface area contributed by atoms with Crippen LogP contribution in [0.4, 0.5) is 4.79 Å². The van der Waals surface area contributed by atoms with E-state index in [2.05, 4.69) is 5.32 Å². The van der Waals surface area contributed by atoms with Gasteiger partial charge in [-0.2, -0.15) is 0 Å². The van der Waals surface area contributed by atoms with E-state index in [9.17, 15) is 23.1 Å². The summed E-state index contributed by atoms with van der Waals surface area (Å²) in [4.78, 5) is 34.7. The lowest BCUT2D eigenvalue weighted by Gasteiger charge is -2.25. The summed E-state index contributed by atoms with van der Waals surface area (Å²) in [5, 5.41) is 11.7. The normalized spacial score (nSPS) is 21.7. The predicted molar refractivity (Wildman–Crippen MR) is 77.2 cm³/mol. The number of carbonyl (C=O) groups is 3. The molecular weight excluding hydrogens is 314 g/mol. The molecule has 1 heterocycles. The van der Waals surface area contributed by atoms with Crippen LogP contribution in [0.3, 0.4) is 0 Å². The molecule has 9 nitrogen and oxygen atoms in total.